The van der Waals surface area contributed by atoms with Gasteiger partial charge in [-0.3, -0.25) is 14.5 Å². The Morgan fingerprint density at radius 3 is 2.88 bits per heavy atom. The van der Waals surface area contributed by atoms with Crippen molar-refractivity contribution in [3.8, 4) is 0 Å². The molecule has 3 rings (SSSR count). The number of nitrogens with zero attached hydrogens (tertiary/aromatic N) is 4. The van der Waals surface area contributed by atoms with Crippen molar-refractivity contribution in [3.63, 3.8) is 0 Å². The van der Waals surface area contributed by atoms with Crippen molar-refractivity contribution >= 4 is 5.91 Å². The fourth-order valence-electron chi connectivity index (χ4n) is 3.82. The average Bonchev–Trinajstić information content (AvgIpc) is 2.89. The van der Waals surface area contributed by atoms with Crippen molar-refractivity contribution in [1.82, 2.24) is 19.7 Å². The number of rotatable bonds is 5. The molecule has 1 aliphatic heterocycles. The van der Waals surface area contributed by atoms with Gasteiger partial charge in [0.15, 0.2) is 0 Å². The van der Waals surface area contributed by atoms with E-state index in [1.807, 2.05) is 41.8 Å². The SMILES string of the molecule is CCCn1nc(C)c(C(=O)N2CCCC(Cc3ccccn3)C2)c1C. The Bertz CT molecular complexity index is 723. The molecule has 1 unspecified atom stereocenters. The van der Waals surface area contributed by atoms with Crippen LogP contribution in [0.5, 0.6) is 0 Å². The number of aromatic nitrogens is 3. The van der Waals surface area contributed by atoms with E-state index in [0.717, 1.165) is 68.0 Å². The highest BCUT2D eigenvalue weighted by Crippen LogP contribution is 2.24. The quantitative estimate of drug-likeness (QED) is 0.838. The molecule has 3 heterocycles. The van der Waals surface area contributed by atoms with E-state index >= 15 is 0 Å². The molecule has 0 saturated carbocycles. The number of amides is 1. The van der Waals surface area contributed by atoms with Crippen LogP contribution in [0, 0.1) is 19.8 Å². The van der Waals surface area contributed by atoms with Gasteiger partial charge in [-0.2, -0.15) is 5.10 Å². The van der Waals surface area contributed by atoms with Crippen molar-refractivity contribution < 1.29 is 4.79 Å². The largest absolute Gasteiger partial charge is 0.338 e. The molecule has 0 N–H and O–H groups in total. The summed E-state index contributed by atoms with van der Waals surface area (Å²) in [5, 5.41) is 4.56. The highest BCUT2D eigenvalue weighted by Gasteiger charge is 2.28. The standard InChI is InChI=1S/C20H28N4O/c1-4-11-24-16(3)19(15(2)22-24)20(25)23-12-7-8-17(14-23)13-18-9-5-6-10-21-18/h5-6,9-10,17H,4,7-8,11-14H2,1-3H3. The lowest BCUT2D eigenvalue weighted by atomic mass is 9.92. The minimum atomic E-state index is 0.142. The maximum Gasteiger partial charge on any atom is 0.257 e. The van der Waals surface area contributed by atoms with Gasteiger partial charge in [-0.1, -0.05) is 13.0 Å². The smallest absolute Gasteiger partial charge is 0.257 e. The Morgan fingerprint density at radius 2 is 2.16 bits per heavy atom. The maximum absolute atomic E-state index is 13.1. The van der Waals surface area contributed by atoms with Crippen LogP contribution in [0.25, 0.3) is 0 Å². The molecule has 1 aliphatic rings. The van der Waals surface area contributed by atoms with E-state index in [9.17, 15) is 4.79 Å². The summed E-state index contributed by atoms with van der Waals surface area (Å²) in [6.07, 6.45) is 6.02. The molecule has 2 aromatic rings. The number of carbonyl (C=O) groups is 1. The number of carbonyl (C=O) groups excluding carboxylic acids is 1. The van der Waals surface area contributed by atoms with Crippen LogP contribution >= 0.6 is 0 Å². The third-order valence-corrected chi connectivity index (χ3v) is 5.06. The van der Waals surface area contributed by atoms with Crippen molar-refractivity contribution in [1.29, 1.82) is 0 Å². The summed E-state index contributed by atoms with van der Waals surface area (Å²) in [5.41, 5.74) is 3.76. The summed E-state index contributed by atoms with van der Waals surface area (Å²) in [6.45, 7) is 8.61. The van der Waals surface area contributed by atoms with Crippen LogP contribution in [0.1, 0.15) is 53.6 Å². The van der Waals surface area contributed by atoms with E-state index in [1.54, 1.807) is 0 Å². The summed E-state index contributed by atoms with van der Waals surface area (Å²) in [5.74, 6) is 0.627. The van der Waals surface area contributed by atoms with Crippen LogP contribution in [-0.4, -0.2) is 38.7 Å². The Kier molecular flexibility index (Phi) is 5.51. The lowest BCUT2D eigenvalue weighted by molar-refractivity contribution is 0.0671. The lowest BCUT2D eigenvalue weighted by Crippen LogP contribution is -2.41. The summed E-state index contributed by atoms with van der Waals surface area (Å²) < 4.78 is 1.97. The van der Waals surface area contributed by atoms with Gasteiger partial charge in [-0.25, -0.2) is 0 Å². The lowest BCUT2D eigenvalue weighted by Gasteiger charge is -2.33. The van der Waals surface area contributed by atoms with Crippen LogP contribution in [0.4, 0.5) is 0 Å². The predicted octanol–water partition coefficient (Wildman–Crippen LogP) is 3.40. The molecule has 0 aromatic carbocycles. The van der Waals surface area contributed by atoms with Crippen molar-refractivity contribution in [2.24, 2.45) is 5.92 Å². The maximum atomic E-state index is 13.1. The zero-order valence-corrected chi connectivity index (χ0v) is 15.5. The average molecular weight is 340 g/mol. The number of piperidine rings is 1. The van der Waals surface area contributed by atoms with Crippen LogP contribution in [0.2, 0.25) is 0 Å². The third kappa shape index (κ3) is 3.91. The van der Waals surface area contributed by atoms with Crippen LogP contribution in [0.3, 0.4) is 0 Å². The van der Waals surface area contributed by atoms with E-state index in [0.29, 0.717) is 5.92 Å². The Labute approximate surface area is 150 Å². The molecule has 0 aliphatic carbocycles. The first kappa shape index (κ1) is 17.6. The van der Waals surface area contributed by atoms with Gasteiger partial charge >= 0.3 is 0 Å². The van der Waals surface area contributed by atoms with Crippen molar-refractivity contribution in [3.05, 3.63) is 47.0 Å². The molecule has 134 valence electrons. The molecular formula is C20H28N4O. The minimum Gasteiger partial charge on any atom is -0.338 e. The third-order valence-electron chi connectivity index (χ3n) is 5.06. The van der Waals surface area contributed by atoms with Gasteiger partial charge in [0.05, 0.1) is 11.3 Å². The summed E-state index contributed by atoms with van der Waals surface area (Å²) in [6, 6.07) is 6.05. The monoisotopic (exact) mass is 340 g/mol. The van der Waals surface area contributed by atoms with E-state index in [1.165, 1.54) is 0 Å². The van der Waals surface area contributed by atoms with Gasteiger partial charge in [-0.05, 0) is 57.6 Å². The zero-order chi connectivity index (χ0) is 17.8. The van der Waals surface area contributed by atoms with Crippen LogP contribution in [-0.2, 0) is 13.0 Å². The summed E-state index contributed by atoms with van der Waals surface area (Å²) in [7, 11) is 0. The fraction of sp³-hybridized carbons (Fsp3) is 0.550. The number of aryl methyl sites for hydroxylation is 2. The number of hydrogen-bond donors (Lipinski definition) is 0. The Hall–Kier alpha value is -2.17. The van der Waals surface area contributed by atoms with Crippen molar-refractivity contribution in [2.75, 3.05) is 13.1 Å². The van der Waals surface area contributed by atoms with E-state index < -0.39 is 0 Å². The minimum absolute atomic E-state index is 0.142. The van der Waals surface area contributed by atoms with Crippen molar-refractivity contribution in [2.45, 2.75) is 53.0 Å². The molecule has 0 spiro atoms. The molecule has 1 saturated heterocycles. The first-order chi connectivity index (χ1) is 12.1. The molecule has 1 amide bonds. The van der Waals surface area contributed by atoms with E-state index in [2.05, 4.69) is 23.1 Å². The molecule has 1 fully saturated rings. The first-order valence-corrected chi connectivity index (χ1v) is 9.33. The topological polar surface area (TPSA) is 51.0 Å². The highest BCUT2D eigenvalue weighted by molar-refractivity contribution is 5.96. The molecular weight excluding hydrogens is 312 g/mol. The molecule has 0 radical (unpaired) electrons. The molecule has 5 nitrogen and oxygen atoms in total. The Balaban J connectivity index is 1.72. The van der Waals surface area contributed by atoms with E-state index in [4.69, 9.17) is 0 Å². The first-order valence-electron chi connectivity index (χ1n) is 9.33. The number of hydrogen-bond acceptors (Lipinski definition) is 3. The van der Waals surface area contributed by atoms with E-state index in [-0.39, 0.29) is 5.91 Å². The highest BCUT2D eigenvalue weighted by atomic mass is 16.2. The second-order valence-electron chi connectivity index (χ2n) is 7.05. The van der Waals surface area contributed by atoms with Crippen LogP contribution < -0.4 is 0 Å². The second-order valence-corrected chi connectivity index (χ2v) is 7.05. The molecule has 2 aromatic heterocycles. The molecule has 0 bridgehead atoms. The molecule has 1 atom stereocenters. The van der Waals surface area contributed by atoms with Gasteiger partial charge in [0.2, 0.25) is 0 Å². The summed E-state index contributed by atoms with van der Waals surface area (Å²) >= 11 is 0. The predicted molar refractivity (Wildman–Crippen MR) is 98.6 cm³/mol. The summed E-state index contributed by atoms with van der Waals surface area (Å²) in [4.78, 5) is 19.6. The normalized spacial score (nSPS) is 17.7. The number of likely N-dealkylation sites (tertiary alicyclic amines) is 1. The number of pyridine rings is 1. The van der Waals surface area contributed by atoms with Gasteiger partial charge in [0.1, 0.15) is 0 Å². The Morgan fingerprint density at radius 1 is 1.32 bits per heavy atom. The van der Waals surface area contributed by atoms with Gasteiger partial charge in [0.25, 0.3) is 5.91 Å². The van der Waals surface area contributed by atoms with Gasteiger partial charge in [0, 0.05) is 37.2 Å². The second kappa shape index (κ2) is 7.81. The van der Waals surface area contributed by atoms with Crippen LogP contribution in [0.15, 0.2) is 24.4 Å². The molecule has 25 heavy (non-hydrogen) atoms. The fourth-order valence-corrected chi connectivity index (χ4v) is 3.82. The molecule has 5 heteroatoms. The zero-order valence-electron chi connectivity index (χ0n) is 15.5. The van der Waals surface area contributed by atoms with Gasteiger partial charge < -0.3 is 4.90 Å². The van der Waals surface area contributed by atoms with Gasteiger partial charge in [-0.15, -0.1) is 0 Å².